The Labute approximate surface area is 208 Å². The Bertz CT molecular complexity index is 1250. The summed E-state index contributed by atoms with van der Waals surface area (Å²) in [4.78, 5) is 27.5. The first-order chi connectivity index (χ1) is 17.4. The lowest BCUT2D eigenvalue weighted by atomic mass is 10.1. The lowest BCUT2D eigenvalue weighted by Gasteiger charge is -2.35. The van der Waals surface area contributed by atoms with Gasteiger partial charge in [-0.1, -0.05) is 6.07 Å². The zero-order chi connectivity index (χ0) is 25.8. The van der Waals surface area contributed by atoms with Crippen molar-refractivity contribution in [3.05, 3.63) is 63.7 Å². The maximum Gasteiger partial charge on any atom is 0.273 e. The summed E-state index contributed by atoms with van der Waals surface area (Å²) in [6, 6.07) is 12.0. The number of methoxy groups -OCH3 is 3. The fraction of sp³-hybridized carbons (Fsp3) is 0.320. The third-order valence-corrected chi connectivity index (χ3v) is 6.23. The van der Waals surface area contributed by atoms with Crippen molar-refractivity contribution in [2.75, 3.05) is 52.4 Å². The predicted molar refractivity (Wildman–Crippen MR) is 133 cm³/mol. The third kappa shape index (κ3) is 4.72. The van der Waals surface area contributed by atoms with Gasteiger partial charge in [0.15, 0.2) is 17.3 Å². The van der Waals surface area contributed by atoms with Crippen LogP contribution in [0.2, 0.25) is 0 Å². The number of hydrogen-bond donors (Lipinski definition) is 0. The van der Waals surface area contributed by atoms with Crippen LogP contribution < -0.4 is 19.1 Å². The van der Waals surface area contributed by atoms with Gasteiger partial charge in [0.1, 0.15) is 0 Å². The van der Waals surface area contributed by atoms with E-state index in [4.69, 9.17) is 14.2 Å². The van der Waals surface area contributed by atoms with Crippen LogP contribution in [0.15, 0.2) is 42.5 Å². The Morgan fingerprint density at radius 2 is 1.61 bits per heavy atom. The fourth-order valence-electron chi connectivity index (χ4n) is 4.24. The van der Waals surface area contributed by atoms with Crippen molar-refractivity contribution in [1.29, 1.82) is 0 Å². The number of carbonyl (C=O) groups excluding carboxylic acids is 1. The number of amides is 1. The van der Waals surface area contributed by atoms with E-state index >= 15 is 0 Å². The number of anilines is 1. The highest BCUT2D eigenvalue weighted by Gasteiger charge is 2.26. The van der Waals surface area contributed by atoms with E-state index in [1.54, 1.807) is 45.3 Å². The molecule has 1 saturated heterocycles. The first-order valence-electron chi connectivity index (χ1n) is 11.3. The Balaban J connectivity index is 1.46. The molecular formula is C25H27N5O6. The molecule has 11 nitrogen and oxygen atoms in total. The summed E-state index contributed by atoms with van der Waals surface area (Å²) in [6.45, 7) is 3.68. The molecule has 0 spiro atoms. The van der Waals surface area contributed by atoms with Crippen LogP contribution >= 0.6 is 0 Å². The van der Waals surface area contributed by atoms with Crippen LogP contribution in [-0.2, 0) is 0 Å². The Kier molecular flexibility index (Phi) is 7.18. The van der Waals surface area contributed by atoms with Crippen molar-refractivity contribution in [2.45, 2.75) is 6.92 Å². The molecule has 0 atom stereocenters. The second-order valence-corrected chi connectivity index (χ2v) is 8.18. The minimum Gasteiger partial charge on any atom is -0.493 e. The molecule has 11 heteroatoms. The van der Waals surface area contributed by atoms with Gasteiger partial charge >= 0.3 is 0 Å². The molecule has 188 valence electrons. The zero-order valence-electron chi connectivity index (χ0n) is 20.6. The number of nitrogens with zero attached hydrogens (tertiary/aromatic N) is 5. The molecule has 36 heavy (non-hydrogen) atoms. The van der Waals surface area contributed by atoms with E-state index in [0.29, 0.717) is 66.1 Å². The molecule has 0 bridgehead atoms. The Hall–Kier alpha value is -4.41. The summed E-state index contributed by atoms with van der Waals surface area (Å²) in [5, 5.41) is 20.0. The van der Waals surface area contributed by atoms with Gasteiger partial charge in [0, 0.05) is 48.9 Å². The number of ether oxygens (including phenoxy) is 3. The molecular weight excluding hydrogens is 466 g/mol. The van der Waals surface area contributed by atoms with Crippen molar-refractivity contribution in [1.82, 2.24) is 15.1 Å². The normalized spacial score (nSPS) is 13.3. The van der Waals surface area contributed by atoms with Crippen LogP contribution in [0.25, 0.3) is 11.3 Å². The summed E-state index contributed by atoms with van der Waals surface area (Å²) in [5.74, 6) is 2.04. The minimum atomic E-state index is -0.468. The molecule has 1 amide bonds. The molecule has 1 aromatic heterocycles. The van der Waals surface area contributed by atoms with Gasteiger partial charge in [-0.15, -0.1) is 10.2 Å². The van der Waals surface area contributed by atoms with Gasteiger partial charge in [0.2, 0.25) is 5.75 Å². The van der Waals surface area contributed by atoms with Crippen LogP contribution in [0.4, 0.5) is 11.5 Å². The maximum atomic E-state index is 13.0. The van der Waals surface area contributed by atoms with E-state index in [9.17, 15) is 14.9 Å². The summed E-state index contributed by atoms with van der Waals surface area (Å²) in [6.07, 6.45) is 0. The van der Waals surface area contributed by atoms with Crippen LogP contribution in [0.3, 0.4) is 0 Å². The van der Waals surface area contributed by atoms with Gasteiger partial charge in [0.25, 0.3) is 11.6 Å². The van der Waals surface area contributed by atoms with Gasteiger partial charge < -0.3 is 24.0 Å². The summed E-state index contributed by atoms with van der Waals surface area (Å²) >= 11 is 0. The highest BCUT2D eigenvalue weighted by molar-refractivity contribution is 5.96. The molecule has 0 radical (unpaired) electrons. The quantitative estimate of drug-likeness (QED) is 0.360. The van der Waals surface area contributed by atoms with Crippen molar-refractivity contribution >= 4 is 17.4 Å². The molecule has 2 aromatic carbocycles. The van der Waals surface area contributed by atoms with E-state index in [1.165, 1.54) is 6.07 Å². The van der Waals surface area contributed by atoms with Gasteiger partial charge in [-0.05, 0) is 37.3 Å². The average molecular weight is 494 g/mol. The first-order valence-corrected chi connectivity index (χ1v) is 11.3. The zero-order valence-corrected chi connectivity index (χ0v) is 20.6. The van der Waals surface area contributed by atoms with Gasteiger partial charge in [-0.3, -0.25) is 14.9 Å². The molecule has 3 aromatic rings. The SMILES string of the molecule is COc1cc(-c2ccc(N3CCN(C(=O)c4cccc([N+](=O)[O-])c4C)CC3)nn2)cc(OC)c1OC. The molecule has 0 aliphatic carbocycles. The summed E-state index contributed by atoms with van der Waals surface area (Å²) in [5.41, 5.74) is 2.09. The third-order valence-electron chi connectivity index (χ3n) is 6.23. The van der Waals surface area contributed by atoms with Crippen LogP contribution in [0.5, 0.6) is 17.2 Å². The number of benzene rings is 2. The Morgan fingerprint density at radius 1 is 0.944 bits per heavy atom. The lowest BCUT2D eigenvalue weighted by molar-refractivity contribution is -0.385. The second-order valence-electron chi connectivity index (χ2n) is 8.18. The number of carbonyl (C=O) groups is 1. The maximum absolute atomic E-state index is 13.0. The van der Waals surface area contributed by atoms with Gasteiger partial charge in [0.05, 0.1) is 31.9 Å². The molecule has 1 fully saturated rings. The lowest BCUT2D eigenvalue weighted by Crippen LogP contribution is -2.49. The highest BCUT2D eigenvalue weighted by atomic mass is 16.6. The minimum absolute atomic E-state index is 0.0537. The van der Waals surface area contributed by atoms with E-state index in [0.717, 1.165) is 5.56 Å². The molecule has 1 aliphatic rings. The van der Waals surface area contributed by atoms with Crippen LogP contribution in [0.1, 0.15) is 15.9 Å². The van der Waals surface area contributed by atoms with Gasteiger partial charge in [-0.2, -0.15) is 0 Å². The van der Waals surface area contributed by atoms with E-state index in [-0.39, 0.29) is 11.6 Å². The van der Waals surface area contributed by atoms with Crippen LogP contribution in [-0.4, -0.2) is 73.4 Å². The number of rotatable bonds is 7. The number of nitro groups is 1. The van der Waals surface area contributed by atoms with Crippen LogP contribution in [0, 0.1) is 17.0 Å². The van der Waals surface area contributed by atoms with E-state index in [1.807, 2.05) is 24.3 Å². The smallest absolute Gasteiger partial charge is 0.273 e. The number of aromatic nitrogens is 2. The monoisotopic (exact) mass is 493 g/mol. The molecule has 1 aliphatic heterocycles. The largest absolute Gasteiger partial charge is 0.493 e. The van der Waals surface area contributed by atoms with E-state index < -0.39 is 4.92 Å². The Morgan fingerprint density at radius 3 is 2.14 bits per heavy atom. The highest BCUT2D eigenvalue weighted by Crippen LogP contribution is 2.40. The summed E-state index contributed by atoms with van der Waals surface area (Å²) < 4.78 is 16.2. The van der Waals surface area contributed by atoms with Crippen molar-refractivity contribution in [3.63, 3.8) is 0 Å². The van der Waals surface area contributed by atoms with Crippen molar-refractivity contribution < 1.29 is 23.9 Å². The molecule has 0 N–H and O–H groups in total. The molecule has 0 saturated carbocycles. The topological polar surface area (TPSA) is 120 Å². The predicted octanol–water partition coefficient (Wildman–Crippen LogP) is 3.35. The van der Waals surface area contributed by atoms with Crippen molar-refractivity contribution in [3.8, 4) is 28.5 Å². The fourth-order valence-corrected chi connectivity index (χ4v) is 4.24. The second kappa shape index (κ2) is 10.5. The summed E-state index contributed by atoms with van der Waals surface area (Å²) in [7, 11) is 4.66. The standard InChI is InChI=1S/C25H27N5O6/c1-16-18(6-5-7-20(16)30(32)33)25(31)29-12-10-28(11-13-29)23-9-8-19(26-27-23)17-14-21(34-2)24(36-4)22(15-17)35-3/h5-9,14-15H,10-13H2,1-4H3. The van der Waals surface area contributed by atoms with E-state index in [2.05, 4.69) is 15.1 Å². The first kappa shape index (κ1) is 24.7. The average Bonchev–Trinajstić information content (AvgIpc) is 2.92. The number of hydrogen-bond acceptors (Lipinski definition) is 9. The number of piperazine rings is 1. The molecule has 4 rings (SSSR count). The van der Waals surface area contributed by atoms with Gasteiger partial charge in [-0.25, -0.2) is 0 Å². The molecule has 0 unspecified atom stereocenters. The van der Waals surface area contributed by atoms with Crippen molar-refractivity contribution in [2.24, 2.45) is 0 Å². The number of nitro benzene ring substituents is 1. The molecule has 2 heterocycles.